The van der Waals surface area contributed by atoms with E-state index in [9.17, 15) is 0 Å². The van der Waals surface area contributed by atoms with Crippen molar-refractivity contribution in [3.63, 3.8) is 0 Å². The summed E-state index contributed by atoms with van der Waals surface area (Å²) in [6.07, 6.45) is 8.67. The van der Waals surface area contributed by atoms with Gasteiger partial charge in [0.2, 0.25) is 0 Å². The van der Waals surface area contributed by atoms with Crippen LogP contribution < -0.4 is 5.32 Å². The molecule has 0 radical (unpaired) electrons. The van der Waals surface area contributed by atoms with Crippen LogP contribution >= 0.6 is 0 Å². The molecule has 0 aromatic rings. The van der Waals surface area contributed by atoms with E-state index in [-0.39, 0.29) is 0 Å². The monoisotopic (exact) mass is 224 g/mol. The van der Waals surface area contributed by atoms with Gasteiger partial charge in [-0.2, -0.15) is 0 Å². The highest BCUT2D eigenvalue weighted by atomic mass is 15.3. The summed E-state index contributed by atoms with van der Waals surface area (Å²) in [6.45, 7) is 9.43. The summed E-state index contributed by atoms with van der Waals surface area (Å²) in [7, 11) is 0. The molecule has 0 bridgehead atoms. The van der Waals surface area contributed by atoms with E-state index < -0.39 is 0 Å². The Labute approximate surface area is 101 Å². The topological polar surface area (TPSA) is 15.3 Å². The van der Waals surface area contributed by atoms with Crippen LogP contribution in [-0.4, -0.2) is 35.6 Å². The lowest BCUT2D eigenvalue weighted by atomic mass is 9.95. The van der Waals surface area contributed by atoms with Gasteiger partial charge >= 0.3 is 0 Å². The van der Waals surface area contributed by atoms with Crippen LogP contribution in [0.15, 0.2) is 0 Å². The van der Waals surface area contributed by atoms with Crippen LogP contribution in [0.5, 0.6) is 0 Å². The number of hydrogen-bond acceptors (Lipinski definition) is 2. The van der Waals surface area contributed by atoms with Gasteiger partial charge in [0.15, 0.2) is 0 Å². The summed E-state index contributed by atoms with van der Waals surface area (Å²) in [5.74, 6) is 0. The Balaban J connectivity index is 1.99. The van der Waals surface area contributed by atoms with Crippen LogP contribution in [0.2, 0.25) is 0 Å². The van der Waals surface area contributed by atoms with Gasteiger partial charge in [0, 0.05) is 30.7 Å². The molecule has 1 saturated carbocycles. The molecule has 16 heavy (non-hydrogen) atoms. The summed E-state index contributed by atoms with van der Waals surface area (Å²) in [5, 5.41) is 3.65. The molecule has 0 spiro atoms. The summed E-state index contributed by atoms with van der Waals surface area (Å²) in [6, 6.07) is 1.58. The third kappa shape index (κ3) is 2.98. The zero-order valence-electron chi connectivity index (χ0n) is 11.3. The molecule has 2 heteroatoms. The van der Waals surface area contributed by atoms with Crippen LogP contribution in [0.4, 0.5) is 0 Å². The van der Waals surface area contributed by atoms with E-state index in [1.165, 1.54) is 45.1 Å². The molecule has 0 amide bonds. The van der Waals surface area contributed by atoms with Gasteiger partial charge in [0.05, 0.1) is 0 Å². The van der Waals surface area contributed by atoms with Gasteiger partial charge in [-0.05, 0) is 33.6 Å². The van der Waals surface area contributed by atoms with E-state index in [0.29, 0.717) is 5.54 Å². The number of nitrogens with one attached hydrogen (secondary N) is 1. The van der Waals surface area contributed by atoms with Crippen LogP contribution in [-0.2, 0) is 0 Å². The summed E-state index contributed by atoms with van der Waals surface area (Å²) < 4.78 is 0. The highest BCUT2D eigenvalue weighted by Gasteiger charge is 2.34. The predicted octanol–water partition coefficient (Wildman–Crippen LogP) is 2.78. The fraction of sp³-hybridized carbons (Fsp3) is 1.00. The van der Waals surface area contributed by atoms with E-state index >= 15 is 0 Å². The first-order valence-corrected chi connectivity index (χ1v) is 7.09. The van der Waals surface area contributed by atoms with Crippen molar-refractivity contribution >= 4 is 0 Å². The van der Waals surface area contributed by atoms with E-state index in [2.05, 4.69) is 31.0 Å². The molecule has 2 nitrogen and oxygen atoms in total. The molecule has 94 valence electrons. The van der Waals surface area contributed by atoms with Crippen LogP contribution in [0, 0.1) is 0 Å². The number of nitrogens with zero attached hydrogens (tertiary/aromatic N) is 1. The SMILES string of the molecule is CC1CNC(C)(C)CN1C1CCCCCC1. The molecule has 1 aliphatic carbocycles. The Morgan fingerprint density at radius 1 is 1.06 bits per heavy atom. The molecular weight excluding hydrogens is 196 g/mol. The van der Waals surface area contributed by atoms with Gasteiger partial charge in [-0.15, -0.1) is 0 Å². The van der Waals surface area contributed by atoms with Crippen molar-refractivity contribution < 1.29 is 0 Å². The molecule has 2 fully saturated rings. The first-order valence-electron chi connectivity index (χ1n) is 7.09. The fourth-order valence-electron chi connectivity index (χ4n) is 3.29. The maximum Gasteiger partial charge on any atom is 0.0253 e. The second-order valence-electron chi connectivity index (χ2n) is 6.43. The summed E-state index contributed by atoms with van der Waals surface area (Å²) in [5.41, 5.74) is 0.304. The number of piperazine rings is 1. The molecule has 0 aromatic carbocycles. The third-order valence-electron chi connectivity index (χ3n) is 4.31. The highest BCUT2D eigenvalue weighted by molar-refractivity contribution is 4.93. The maximum absolute atomic E-state index is 3.65. The minimum absolute atomic E-state index is 0.304. The van der Waals surface area contributed by atoms with Crippen molar-refractivity contribution in [1.29, 1.82) is 0 Å². The van der Waals surface area contributed by atoms with Crippen molar-refractivity contribution in [3.05, 3.63) is 0 Å². The standard InChI is InChI=1S/C14H28N2/c1-12-10-15-14(2,3)11-16(12)13-8-6-4-5-7-9-13/h12-13,15H,4-11H2,1-3H3. The molecule has 2 aliphatic rings. The second kappa shape index (κ2) is 5.05. The van der Waals surface area contributed by atoms with Crippen LogP contribution in [0.25, 0.3) is 0 Å². The molecule has 2 rings (SSSR count). The van der Waals surface area contributed by atoms with Gasteiger partial charge in [0.25, 0.3) is 0 Å². The number of hydrogen-bond donors (Lipinski definition) is 1. The fourth-order valence-corrected chi connectivity index (χ4v) is 3.29. The second-order valence-corrected chi connectivity index (χ2v) is 6.43. The minimum atomic E-state index is 0.304. The molecule has 1 atom stereocenters. The normalized spacial score (nSPS) is 33.6. The van der Waals surface area contributed by atoms with Crippen molar-refractivity contribution in [1.82, 2.24) is 10.2 Å². The first-order chi connectivity index (χ1) is 7.58. The van der Waals surface area contributed by atoms with Crippen molar-refractivity contribution in [3.8, 4) is 0 Å². The largest absolute Gasteiger partial charge is 0.309 e. The Morgan fingerprint density at radius 3 is 2.31 bits per heavy atom. The average molecular weight is 224 g/mol. The lowest BCUT2D eigenvalue weighted by Crippen LogP contribution is -2.63. The first kappa shape index (κ1) is 12.4. The summed E-state index contributed by atoms with van der Waals surface area (Å²) in [4.78, 5) is 2.78. The number of rotatable bonds is 1. The Kier molecular flexibility index (Phi) is 3.91. The molecule has 1 heterocycles. The average Bonchev–Trinajstić information content (AvgIpc) is 2.50. The Bertz CT molecular complexity index is 217. The smallest absolute Gasteiger partial charge is 0.0253 e. The molecule has 0 aromatic heterocycles. The van der Waals surface area contributed by atoms with E-state index in [1.807, 2.05) is 0 Å². The quantitative estimate of drug-likeness (QED) is 0.689. The third-order valence-corrected chi connectivity index (χ3v) is 4.31. The van der Waals surface area contributed by atoms with Gasteiger partial charge in [0.1, 0.15) is 0 Å². The molecule has 1 saturated heterocycles. The van der Waals surface area contributed by atoms with Crippen molar-refractivity contribution in [2.24, 2.45) is 0 Å². The Hall–Kier alpha value is -0.0800. The van der Waals surface area contributed by atoms with Gasteiger partial charge in [-0.3, -0.25) is 4.90 Å². The van der Waals surface area contributed by atoms with Gasteiger partial charge in [-0.25, -0.2) is 0 Å². The lowest BCUT2D eigenvalue weighted by molar-refractivity contribution is 0.0555. The van der Waals surface area contributed by atoms with E-state index in [4.69, 9.17) is 0 Å². The molecule has 1 aliphatic heterocycles. The lowest BCUT2D eigenvalue weighted by Gasteiger charge is -2.47. The zero-order chi connectivity index (χ0) is 11.6. The molecule has 1 unspecified atom stereocenters. The van der Waals surface area contributed by atoms with Crippen molar-refractivity contribution in [2.75, 3.05) is 13.1 Å². The minimum Gasteiger partial charge on any atom is -0.309 e. The predicted molar refractivity (Wildman–Crippen MR) is 69.7 cm³/mol. The molecular formula is C14H28N2. The van der Waals surface area contributed by atoms with Crippen LogP contribution in [0.1, 0.15) is 59.3 Å². The van der Waals surface area contributed by atoms with E-state index in [0.717, 1.165) is 18.6 Å². The van der Waals surface area contributed by atoms with Gasteiger partial charge < -0.3 is 5.32 Å². The summed E-state index contributed by atoms with van der Waals surface area (Å²) >= 11 is 0. The van der Waals surface area contributed by atoms with Gasteiger partial charge in [-0.1, -0.05) is 25.7 Å². The molecule has 1 N–H and O–H groups in total. The van der Waals surface area contributed by atoms with Crippen molar-refractivity contribution in [2.45, 2.75) is 76.9 Å². The zero-order valence-corrected chi connectivity index (χ0v) is 11.3. The highest BCUT2D eigenvalue weighted by Crippen LogP contribution is 2.26. The van der Waals surface area contributed by atoms with Crippen LogP contribution in [0.3, 0.4) is 0 Å². The Morgan fingerprint density at radius 2 is 1.69 bits per heavy atom. The maximum atomic E-state index is 3.65. The van der Waals surface area contributed by atoms with E-state index in [1.54, 1.807) is 0 Å².